The molecule has 0 heterocycles. The van der Waals surface area contributed by atoms with E-state index >= 15 is 0 Å². The highest BCUT2D eigenvalue weighted by atomic mass is 16.5. The smallest absolute Gasteiger partial charge is 0.119 e. The Morgan fingerprint density at radius 2 is 1.94 bits per heavy atom. The topological polar surface area (TPSA) is 29.5 Å². The maximum Gasteiger partial charge on any atom is 0.119 e. The molecular weight excluding hydrogens is 224 g/mol. The molecule has 1 rings (SSSR count). The second-order valence-electron chi connectivity index (χ2n) is 6.04. The Kier molecular flexibility index (Phi) is 5.21. The Morgan fingerprint density at radius 1 is 1.28 bits per heavy atom. The lowest BCUT2D eigenvalue weighted by Crippen LogP contribution is -2.24. The Morgan fingerprint density at radius 3 is 2.50 bits per heavy atom. The zero-order valence-electron chi connectivity index (χ0n) is 12.2. The Hall–Kier alpha value is -1.02. The molecule has 18 heavy (non-hydrogen) atoms. The molecule has 0 saturated carbocycles. The van der Waals surface area contributed by atoms with E-state index in [4.69, 9.17) is 4.74 Å². The molecule has 2 heteroatoms. The van der Waals surface area contributed by atoms with Crippen LogP contribution in [0.25, 0.3) is 0 Å². The van der Waals surface area contributed by atoms with Gasteiger partial charge >= 0.3 is 0 Å². The molecule has 2 nitrogen and oxygen atoms in total. The molecule has 1 aromatic carbocycles. The van der Waals surface area contributed by atoms with Crippen molar-refractivity contribution in [2.24, 2.45) is 5.92 Å². The van der Waals surface area contributed by atoms with Gasteiger partial charge in [0.1, 0.15) is 12.4 Å². The number of rotatable bonds is 5. The number of hydrogen-bond donors (Lipinski definition) is 1. The van der Waals surface area contributed by atoms with Crippen molar-refractivity contribution in [1.82, 2.24) is 0 Å². The molecule has 0 saturated heterocycles. The van der Waals surface area contributed by atoms with E-state index in [9.17, 15) is 5.11 Å². The van der Waals surface area contributed by atoms with Crippen molar-refractivity contribution in [2.45, 2.75) is 52.6 Å². The Bertz CT molecular complexity index is 366. The van der Waals surface area contributed by atoms with Gasteiger partial charge < -0.3 is 9.84 Å². The van der Waals surface area contributed by atoms with Crippen LogP contribution in [0.3, 0.4) is 0 Å². The first-order valence-corrected chi connectivity index (χ1v) is 6.76. The summed E-state index contributed by atoms with van der Waals surface area (Å²) < 4.78 is 5.68. The average Bonchev–Trinajstić information content (AvgIpc) is 2.34. The quantitative estimate of drug-likeness (QED) is 0.862. The normalized spacial score (nSPS) is 15.2. The van der Waals surface area contributed by atoms with E-state index in [1.54, 1.807) is 0 Å². The van der Waals surface area contributed by atoms with Crippen LogP contribution in [0.4, 0.5) is 0 Å². The minimum absolute atomic E-state index is 0.120. The van der Waals surface area contributed by atoms with E-state index in [2.05, 4.69) is 39.8 Å². The molecule has 2 atom stereocenters. The molecule has 0 spiro atoms. The predicted octanol–water partition coefficient (Wildman–Crippen LogP) is 3.77. The van der Waals surface area contributed by atoms with Crippen LogP contribution in [-0.4, -0.2) is 17.8 Å². The minimum atomic E-state index is -0.395. The second kappa shape index (κ2) is 6.24. The number of aliphatic hydroxyl groups excluding tert-OH is 1. The van der Waals surface area contributed by atoms with E-state index in [-0.39, 0.29) is 11.3 Å². The molecular formula is C16H26O2. The number of ether oxygens (including phenoxy) is 1. The molecule has 1 aromatic rings. The van der Waals surface area contributed by atoms with Crippen LogP contribution < -0.4 is 4.74 Å². The Labute approximate surface area is 111 Å². The van der Waals surface area contributed by atoms with Crippen LogP contribution in [0, 0.1) is 5.92 Å². The molecule has 0 aromatic heterocycles. The fourth-order valence-electron chi connectivity index (χ4n) is 1.67. The maximum atomic E-state index is 9.88. The second-order valence-corrected chi connectivity index (χ2v) is 6.04. The minimum Gasteiger partial charge on any atom is -0.491 e. The van der Waals surface area contributed by atoms with E-state index in [0.717, 1.165) is 12.2 Å². The summed E-state index contributed by atoms with van der Waals surface area (Å²) in [5.74, 6) is 1.11. The first-order chi connectivity index (χ1) is 8.34. The van der Waals surface area contributed by atoms with Crippen molar-refractivity contribution in [3.63, 3.8) is 0 Å². The van der Waals surface area contributed by atoms with E-state index in [0.29, 0.717) is 6.61 Å². The SMILES string of the molecule is CCC(C)C(O)COc1cccc(C(C)(C)C)c1. The summed E-state index contributed by atoms with van der Waals surface area (Å²) in [6, 6.07) is 8.12. The van der Waals surface area contributed by atoms with Crippen molar-refractivity contribution in [1.29, 1.82) is 0 Å². The molecule has 2 unspecified atom stereocenters. The van der Waals surface area contributed by atoms with Gasteiger partial charge in [-0.05, 0) is 29.0 Å². The zero-order chi connectivity index (χ0) is 13.8. The van der Waals surface area contributed by atoms with Gasteiger partial charge in [0, 0.05) is 0 Å². The summed E-state index contributed by atoms with van der Waals surface area (Å²) in [6.45, 7) is 11.0. The third kappa shape index (κ3) is 4.34. The van der Waals surface area contributed by atoms with Gasteiger partial charge in [-0.2, -0.15) is 0 Å². The van der Waals surface area contributed by atoms with Crippen molar-refractivity contribution in [3.05, 3.63) is 29.8 Å². The van der Waals surface area contributed by atoms with Gasteiger partial charge in [-0.3, -0.25) is 0 Å². The summed E-state index contributed by atoms with van der Waals surface area (Å²) in [5, 5.41) is 9.88. The van der Waals surface area contributed by atoms with Crippen LogP contribution >= 0.6 is 0 Å². The number of aliphatic hydroxyl groups is 1. The molecule has 1 N–H and O–H groups in total. The molecule has 0 aliphatic heterocycles. The van der Waals surface area contributed by atoms with Crippen LogP contribution in [0.2, 0.25) is 0 Å². The summed E-state index contributed by atoms with van der Waals surface area (Å²) in [5.41, 5.74) is 1.37. The van der Waals surface area contributed by atoms with E-state index < -0.39 is 6.10 Å². The van der Waals surface area contributed by atoms with Crippen LogP contribution in [0.1, 0.15) is 46.6 Å². The largest absolute Gasteiger partial charge is 0.491 e. The monoisotopic (exact) mass is 250 g/mol. The zero-order valence-corrected chi connectivity index (χ0v) is 12.2. The lowest BCUT2D eigenvalue weighted by atomic mass is 9.87. The fourth-order valence-corrected chi connectivity index (χ4v) is 1.67. The van der Waals surface area contributed by atoms with Crippen LogP contribution in [0.5, 0.6) is 5.75 Å². The van der Waals surface area contributed by atoms with Crippen LogP contribution in [0.15, 0.2) is 24.3 Å². The standard InChI is InChI=1S/C16H26O2/c1-6-12(2)15(17)11-18-14-9-7-8-13(10-14)16(3,4)5/h7-10,12,15,17H,6,11H2,1-5H3. The molecule has 0 amide bonds. The molecule has 102 valence electrons. The molecule has 0 bridgehead atoms. The molecule has 0 fully saturated rings. The lowest BCUT2D eigenvalue weighted by Gasteiger charge is -2.21. The average molecular weight is 250 g/mol. The summed E-state index contributed by atoms with van der Waals surface area (Å²) in [6.07, 6.45) is 0.570. The summed E-state index contributed by atoms with van der Waals surface area (Å²) >= 11 is 0. The first-order valence-electron chi connectivity index (χ1n) is 6.76. The highest BCUT2D eigenvalue weighted by Gasteiger charge is 2.15. The fraction of sp³-hybridized carbons (Fsp3) is 0.625. The molecule has 0 radical (unpaired) electrons. The highest BCUT2D eigenvalue weighted by Crippen LogP contribution is 2.25. The van der Waals surface area contributed by atoms with Gasteiger partial charge in [-0.25, -0.2) is 0 Å². The van der Waals surface area contributed by atoms with Gasteiger partial charge in [-0.15, -0.1) is 0 Å². The van der Waals surface area contributed by atoms with Gasteiger partial charge in [-0.1, -0.05) is 53.2 Å². The van der Waals surface area contributed by atoms with Gasteiger partial charge in [0.05, 0.1) is 6.10 Å². The molecule has 0 aliphatic rings. The summed E-state index contributed by atoms with van der Waals surface area (Å²) in [4.78, 5) is 0. The van der Waals surface area contributed by atoms with E-state index in [1.807, 2.05) is 19.1 Å². The summed E-state index contributed by atoms with van der Waals surface area (Å²) in [7, 11) is 0. The third-order valence-corrected chi connectivity index (χ3v) is 3.42. The number of benzene rings is 1. The number of hydrogen-bond acceptors (Lipinski definition) is 2. The third-order valence-electron chi connectivity index (χ3n) is 3.42. The van der Waals surface area contributed by atoms with Crippen molar-refractivity contribution >= 4 is 0 Å². The van der Waals surface area contributed by atoms with Crippen molar-refractivity contribution in [3.8, 4) is 5.75 Å². The lowest BCUT2D eigenvalue weighted by molar-refractivity contribution is 0.0621. The van der Waals surface area contributed by atoms with E-state index in [1.165, 1.54) is 5.56 Å². The van der Waals surface area contributed by atoms with Crippen LogP contribution in [-0.2, 0) is 5.41 Å². The van der Waals surface area contributed by atoms with Gasteiger partial charge in [0.2, 0.25) is 0 Å². The van der Waals surface area contributed by atoms with Crippen molar-refractivity contribution in [2.75, 3.05) is 6.61 Å². The molecule has 0 aliphatic carbocycles. The first kappa shape index (κ1) is 15.0. The Balaban J connectivity index is 2.63. The highest BCUT2D eigenvalue weighted by molar-refractivity contribution is 5.32. The predicted molar refractivity (Wildman–Crippen MR) is 76.1 cm³/mol. The van der Waals surface area contributed by atoms with Crippen molar-refractivity contribution < 1.29 is 9.84 Å². The maximum absolute atomic E-state index is 9.88. The van der Waals surface area contributed by atoms with Gasteiger partial charge in [0.15, 0.2) is 0 Å². The van der Waals surface area contributed by atoms with Gasteiger partial charge in [0.25, 0.3) is 0 Å².